The first kappa shape index (κ1) is 24.7. The summed E-state index contributed by atoms with van der Waals surface area (Å²) in [4.78, 5) is 3.41. The molecular weight excluding hydrogens is 529 g/mol. The highest BCUT2D eigenvalue weighted by Crippen LogP contribution is 2.49. The molecule has 190 valence electrons. The number of aromatic nitrogens is 1. The molecule has 6 aromatic rings. The summed E-state index contributed by atoms with van der Waals surface area (Å²) in [6, 6.07) is 29.4. The number of nitrogens with zero attached hydrogens (tertiary/aromatic N) is 2. The van der Waals surface area contributed by atoms with Crippen LogP contribution in [0.4, 0.5) is 5.69 Å². The molecule has 38 heavy (non-hydrogen) atoms. The summed E-state index contributed by atoms with van der Waals surface area (Å²) in [5.74, 6) is 0. The topological polar surface area (TPSA) is 42.3 Å². The first-order valence-corrected chi connectivity index (χ1v) is 15.4. The number of anilines is 1. The van der Waals surface area contributed by atoms with Crippen molar-refractivity contribution in [1.29, 1.82) is 0 Å². The Labute approximate surface area is 231 Å². The number of hydrogen-bond donors (Lipinski definition) is 0. The zero-order valence-electron chi connectivity index (χ0n) is 21.3. The molecule has 0 saturated carbocycles. The van der Waals surface area contributed by atoms with Gasteiger partial charge >= 0.3 is 0 Å². The van der Waals surface area contributed by atoms with Gasteiger partial charge < -0.3 is 4.90 Å². The minimum absolute atomic E-state index is 0.275. The van der Waals surface area contributed by atoms with Gasteiger partial charge in [0.05, 0.1) is 20.8 Å². The van der Waals surface area contributed by atoms with Gasteiger partial charge in [0.2, 0.25) is 0 Å². The van der Waals surface area contributed by atoms with E-state index in [-0.39, 0.29) is 4.90 Å². The van der Waals surface area contributed by atoms with Crippen molar-refractivity contribution in [2.24, 2.45) is 0 Å². The third-order valence-electron chi connectivity index (χ3n) is 6.68. The molecule has 0 bridgehead atoms. The van der Waals surface area contributed by atoms with Crippen molar-refractivity contribution in [1.82, 2.24) is 3.97 Å². The maximum atomic E-state index is 14.4. The molecular formula is C31H26N2O2S3. The fourth-order valence-corrected chi connectivity index (χ4v) is 8.20. The first-order chi connectivity index (χ1) is 18.3. The summed E-state index contributed by atoms with van der Waals surface area (Å²) >= 11 is 3.25. The van der Waals surface area contributed by atoms with Crippen LogP contribution in [-0.2, 0) is 10.0 Å². The molecule has 4 nitrogen and oxygen atoms in total. The summed E-state index contributed by atoms with van der Waals surface area (Å²) in [5.41, 5.74) is 7.41. The fourth-order valence-electron chi connectivity index (χ4n) is 4.71. The van der Waals surface area contributed by atoms with Crippen LogP contribution < -0.4 is 4.90 Å². The highest BCUT2D eigenvalue weighted by Gasteiger charge is 2.29. The van der Waals surface area contributed by atoms with E-state index in [1.54, 1.807) is 38.8 Å². The van der Waals surface area contributed by atoms with Crippen molar-refractivity contribution in [2.45, 2.75) is 11.8 Å². The molecule has 0 spiro atoms. The minimum Gasteiger partial charge on any atom is -0.378 e. The number of hydrogen-bond acceptors (Lipinski definition) is 5. The molecule has 3 aromatic heterocycles. The quantitative estimate of drug-likeness (QED) is 0.208. The lowest BCUT2D eigenvalue weighted by Crippen LogP contribution is -2.14. The second-order valence-corrected chi connectivity index (χ2v) is 13.1. The van der Waals surface area contributed by atoms with E-state index < -0.39 is 10.0 Å². The Morgan fingerprint density at radius 3 is 2.13 bits per heavy atom. The summed E-state index contributed by atoms with van der Waals surface area (Å²) in [6.07, 6.45) is 0. The van der Waals surface area contributed by atoms with E-state index in [9.17, 15) is 8.42 Å². The number of fused-ring (bicyclic) bond motifs is 1. The smallest absolute Gasteiger partial charge is 0.268 e. The van der Waals surface area contributed by atoms with Crippen molar-refractivity contribution >= 4 is 48.6 Å². The molecule has 0 unspecified atom stereocenters. The zero-order valence-corrected chi connectivity index (χ0v) is 23.7. The molecule has 3 heterocycles. The van der Waals surface area contributed by atoms with Crippen LogP contribution >= 0.6 is 22.7 Å². The normalized spacial score (nSPS) is 11.8. The van der Waals surface area contributed by atoms with E-state index in [4.69, 9.17) is 0 Å². The predicted octanol–water partition coefficient (Wildman–Crippen LogP) is 8.38. The Balaban J connectivity index is 1.70. The van der Waals surface area contributed by atoms with Crippen LogP contribution in [-0.4, -0.2) is 26.5 Å². The molecule has 0 fully saturated rings. The van der Waals surface area contributed by atoms with Gasteiger partial charge in [-0.2, -0.15) is 11.3 Å². The molecule has 0 amide bonds. The fraction of sp³-hybridized carbons (Fsp3) is 0.0968. The van der Waals surface area contributed by atoms with Crippen LogP contribution in [0.1, 0.15) is 5.56 Å². The van der Waals surface area contributed by atoms with E-state index in [0.717, 1.165) is 48.6 Å². The van der Waals surface area contributed by atoms with Crippen molar-refractivity contribution in [2.75, 3.05) is 19.0 Å². The van der Waals surface area contributed by atoms with Gasteiger partial charge in [0.1, 0.15) is 0 Å². The van der Waals surface area contributed by atoms with Gasteiger partial charge in [-0.15, -0.1) is 11.3 Å². The van der Waals surface area contributed by atoms with Crippen LogP contribution in [0.15, 0.2) is 107 Å². The van der Waals surface area contributed by atoms with Crippen molar-refractivity contribution < 1.29 is 8.42 Å². The van der Waals surface area contributed by atoms with E-state index in [2.05, 4.69) is 40.6 Å². The Morgan fingerprint density at radius 1 is 0.789 bits per heavy atom. The van der Waals surface area contributed by atoms with E-state index in [0.29, 0.717) is 5.69 Å². The molecule has 3 aromatic carbocycles. The number of benzene rings is 3. The molecule has 0 aliphatic heterocycles. The average molecular weight is 555 g/mol. The average Bonchev–Trinajstić information content (AvgIpc) is 3.65. The summed E-state index contributed by atoms with van der Waals surface area (Å²) < 4.78 is 31.2. The van der Waals surface area contributed by atoms with E-state index >= 15 is 0 Å². The Morgan fingerprint density at radius 2 is 1.50 bits per heavy atom. The summed E-state index contributed by atoms with van der Waals surface area (Å²) in [5, 5.41) is 4.13. The molecule has 0 atom stereocenters. The monoisotopic (exact) mass is 554 g/mol. The lowest BCUT2D eigenvalue weighted by molar-refractivity contribution is 0.589. The summed E-state index contributed by atoms with van der Waals surface area (Å²) in [7, 11) is 0.148. The molecule has 6 rings (SSSR count). The van der Waals surface area contributed by atoms with Gasteiger partial charge in [0, 0.05) is 30.2 Å². The second kappa shape index (κ2) is 9.58. The van der Waals surface area contributed by atoms with E-state index in [1.165, 1.54) is 0 Å². The summed E-state index contributed by atoms with van der Waals surface area (Å²) in [6.45, 7) is 1.96. The van der Waals surface area contributed by atoms with Gasteiger partial charge in [-0.1, -0.05) is 60.2 Å². The third kappa shape index (κ3) is 4.17. The Hall–Kier alpha value is -3.65. The lowest BCUT2D eigenvalue weighted by atomic mass is 10.0. The highest BCUT2D eigenvalue weighted by molar-refractivity contribution is 7.90. The molecule has 0 aliphatic carbocycles. The standard InChI is InChI=1S/C31H26N2O2S3/c1-21-9-15-26(16-10-21)38(34,35)33-27(22-7-5-4-6-8-22)19-28-30(33)29(24-17-18-36-20-24)31(37-28)23-11-13-25(14-12-23)32(2)3/h4-20H,1-3H3. The minimum atomic E-state index is -3.90. The van der Waals surface area contributed by atoms with Gasteiger partial charge in [0.25, 0.3) is 10.0 Å². The van der Waals surface area contributed by atoms with Gasteiger partial charge in [-0.05, 0) is 70.8 Å². The van der Waals surface area contributed by atoms with Crippen LogP contribution in [0, 0.1) is 6.92 Å². The third-order valence-corrected chi connectivity index (χ3v) is 10.3. The Kier molecular flexibility index (Phi) is 6.22. The van der Waals surface area contributed by atoms with Crippen LogP contribution in [0.25, 0.3) is 43.0 Å². The predicted molar refractivity (Wildman–Crippen MR) is 162 cm³/mol. The van der Waals surface area contributed by atoms with E-state index in [1.807, 2.05) is 74.9 Å². The van der Waals surface area contributed by atoms with Crippen molar-refractivity contribution in [3.63, 3.8) is 0 Å². The maximum absolute atomic E-state index is 14.4. The molecule has 0 N–H and O–H groups in total. The highest BCUT2D eigenvalue weighted by atomic mass is 32.2. The van der Waals surface area contributed by atoms with Crippen molar-refractivity contribution in [3.8, 4) is 32.8 Å². The molecule has 7 heteroatoms. The van der Waals surface area contributed by atoms with Gasteiger partial charge in [-0.3, -0.25) is 0 Å². The molecule has 0 aliphatic rings. The number of thiophene rings is 2. The SMILES string of the molecule is Cc1ccc(S(=O)(=O)n2c(-c3ccccc3)cc3sc(-c4ccc(N(C)C)cc4)c(-c4ccsc4)c32)cc1. The van der Waals surface area contributed by atoms with Crippen LogP contribution in [0.5, 0.6) is 0 Å². The Bertz CT molecular complexity index is 1830. The van der Waals surface area contributed by atoms with Crippen LogP contribution in [0.2, 0.25) is 0 Å². The van der Waals surface area contributed by atoms with Crippen molar-refractivity contribution in [3.05, 3.63) is 107 Å². The van der Waals surface area contributed by atoms with Crippen LogP contribution in [0.3, 0.4) is 0 Å². The molecule has 0 radical (unpaired) electrons. The maximum Gasteiger partial charge on any atom is 0.268 e. The first-order valence-electron chi connectivity index (χ1n) is 12.2. The number of aryl methyl sites for hydroxylation is 1. The largest absolute Gasteiger partial charge is 0.378 e. The van der Waals surface area contributed by atoms with Gasteiger partial charge in [0.15, 0.2) is 0 Å². The molecule has 0 saturated heterocycles. The second-order valence-electron chi connectivity index (χ2n) is 9.45. The zero-order chi connectivity index (χ0) is 26.4. The van der Waals surface area contributed by atoms with Gasteiger partial charge in [-0.25, -0.2) is 12.4 Å². The number of rotatable bonds is 6. The lowest BCUT2D eigenvalue weighted by Gasteiger charge is -2.15.